The fourth-order valence-corrected chi connectivity index (χ4v) is 4.25. The van der Waals surface area contributed by atoms with Crippen LogP contribution in [0.25, 0.3) is 0 Å². The number of carbonyl (C=O) groups is 1. The minimum atomic E-state index is -4.81. The van der Waals surface area contributed by atoms with Crippen molar-refractivity contribution in [2.45, 2.75) is 37.6 Å². The van der Waals surface area contributed by atoms with Crippen LogP contribution in [-0.2, 0) is 11.2 Å². The lowest BCUT2D eigenvalue weighted by Crippen LogP contribution is -2.48. The summed E-state index contributed by atoms with van der Waals surface area (Å²) in [4.78, 5) is 13.3. The lowest BCUT2D eigenvalue weighted by molar-refractivity contribution is -0.274. The fraction of sp³-hybridized carbons (Fsp3) is 0.409. The molecule has 2 aliphatic rings. The quantitative estimate of drug-likeness (QED) is 0.598. The number of aliphatic hydroxyl groups is 1. The minimum Gasteiger partial charge on any atom is -0.490 e. The number of hydrogen-bond acceptors (Lipinski definition) is 5. The van der Waals surface area contributed by atoms with Gasteiger partial charge in [0.05, 0.1) is 16.4 Å². The van der Waals surface area contributed by atoms with Gasteiger partial charge in [0.15, 0.2) is 0 Å². The number of halogens is 5. The molecule has 178 valence electrons. The summed E-state index contributed by atoms with van der Waals surface area (Å²) < 4.78 is 61.4. The van der Waals surface area contributed by atoms with Crippen LogP contribution in [0, 0.1) is 5.82 Å². The standard InChI is InChI=1S/C22H21ClF4N2O4/c23-15-3-1-13(33-22(25,26)27)11-17(15)29-9-7-21(31,8-10-29)12-32-18-5-4-16(24)20-14(18)2-6-19(30)28-20/h1,3-5,11,31H,2,6-10,12H2,(H,28,30). The Kier molecular flexibility index (Phi) is 6.32. The number of fused-ring (bicyclic) bond motifs is 1. The van der Waals surface area contributed by atoms with Gasteiger partial charge in [-0.25, -0.2) is 4.39 Å². The molecule has 0 bridgehead atoms. The molecular formula is C22H21ClF4N2O4. The van der Waals surface area contributed by atoms with Gasteiger partial charge in [-0.15, -0.1) is 13.2 Å². The van der Waals surface area contributed by atoms with Crippen LogP contribution in [0.15, 0.2) is 30.3 Å². The Bertz CT molecular complexity index is 1060. The zero-order chi connectivity index (χ0) is 23.8. The van der Waals surface area contributed by atoms with Crippen LogP contribution in [0.1, 0.15) is 24.8 Å². The van der Waals surface area contributed by atoms with Gasteiger partial charge in [0, 0.05) is 31.1 Å². The van der Waals surface area contributed by atoms with Gasteiger partial charge in [0.2, 0.25) is 5.91 Å². The molecule has 11 heteroatoms. The van der Waals surface area contributed by atoms with Gasteiger partial charge in [-0.3, -0.25) is 4.79 Å². The van der Waals surface area contributed by atoms with Crippen molar-refractivity contribution in [2.24, 2.45) is 0 Å². The first-order valence-electron chi connectivity index (χ1n) is 10.3. The summed E-state index contributed by atoms with van der Waals surface area (Å²) in [5, 5.41) is 13.8. The summed E-state index contributed by atoms with van der Waals surface area (Å²) in [6.07, 6.45) is -3.73. The molecule has 4 rings (SSSR count). The largest absolute Gasteiger partial charge is 0.573 e. The molecule has 0 radical (unpaired) electrons. The van der Waals surface area contributed by atoms with Crippen molar-refractivity contribution >= 4 is 28.9 Å². The zero-order valence-corrected chi connectivity index (χ0v) is 18.1. The highest BCUT2D eigenvalue weighted by Gasteiger charge is 2.35. The Hall–Kier alpha value is -2.72. The monoisotopic (exact) mass is 488 g/mol. The van der Waals surface area contributed by atoms with E-state index in [2.05, 4.69) is 10.1 Å². The lowest BCUT2D eigenvalue weighted by atomic mass is 9.92. The second-order valence-corrected chi connectivity index (χ2v) is 8.52. The average Bonchev–Trinajstić information content (AvgIpc) is 2.75. The van der Waals surface area contributed by atoms with Crippen LogP contribution in [0.4, 0.5) is 28.9 Å². The molecule has 2 heterocycles. The number of hydrogen-bond donors (Lipinski definition) is 2. The third-order valence-corrected chi connectivity index (χ3v) is 6.09. The van der Waals surface area contributed by atoms with E-state index in [0.717, 1.165) is 6.07 Å². The molecule has 2 aliphatic heterocycles. The molecule has 0 saturated carbocycles. The lowest BCUT2D eigenvalue weighted by Gasteiger charge is -2.39. The maximum atomic E-state index is 14.0. The first-order chi connectivity index (χ1) is 15.5. The molecule has 0 spiro atoms. The van der Waals surface area contributed by atoms with Gasteiger partial charge >= 0.3 is 6.36 Å². The number of alkyl halides is 3. The Morgan fingerprint density at radius 2 is 1.88 bits per heavy atom. The first-order valence-corrected chi connectivity index (χ1v) is 10.7. The summed E-state index contributed by atoms with van der Waals surface area (Å²) in [6.45, 7) is 0.594. The van der Waals surface area contributed by atoms with Gasteiger partial charge in [0.25, 0.3) is 0 Å². The highest BCUT2D eigenvalue weighted by molar-refractivity contribution is 6.33. The molecule has 1 saturated heterocycles. The van der Waals surface area contributed by atoms with E-state index >= 15 is 0 Å². The Morgan fingerprint density at radius 1 is 1.15 bits per heavy atom. The molecule has 2 N–H and O–H groups in total. The van der Waals surface area contributed by atoms with E-state index in [1.165, 1.54) is 24.3 Å². The van der Waals surface area contributed by atoms with Crippen LogP contribution in [0.5, 0.6) is 11.5 Å². The van der Waals surface area contributed by atoms with Crippen LogP contribution >= 0.6 is 11.6 Å². The normalized spacial score (nSPS) is 17.9. The van der Waals surface area contributed by atoms with Crippen molar-refractivity contribution in [1.29, 1.82) is 0 Å². The van der Waals surface area contributed by atoms with E-state index in [0.29, 0.717) is 36.5 Å². The number of piperidine rings is 1. The maximum absolute atomic E-state index is 14.0. The summed E-state index contributed by atoms with van der Waals surface area (Å²) in [7, 11) is 0. The van der Waals surface area contributed by atoms with Crippen LogP contribution in [0.2, 0.25) is 5.02 Å². The third-order valence-electron chi connectivity index (χ3n) is 5.77. The van der Waals surface area contributed by atoms with Gasteiger partial charge in [-0.1, -0.05) is 11.6 Å². The first kappa shape index (κ1) is 23.4. The summed E-state index contributed by atoms with van der Waals surface area (Å²) >= 11 is 6.18. The number of amides is 1. The number of nitrogens with zero attached hydrogens (tertiary/aromatic N) is 1. The van der Waals surface area contributed by atoms with E-state index in [-0.39, 0.29) is 48.2 Å². The van der Waals surface area contributed by atoms with E-state index in [1.54, 1.807) is 4.90 Å². The van der Waals surface area contributed by atoms with Crippen LogP contribution in [0.3, 0.4) is 0 Å². The Morgan fingerprint density at radius 3 is 2.58 bits per heavy atom. The molecule has 1 amide bonds. The van der Waals surface area contributed by atoms with Crippen molar-refractivity contribution in [3.8, 4) is 11.5 Å². The van der Waals surface area contributed by atoms with Gasteiger partial charge < -0.3 is 24.8 Å². The number of ether oxygens (including phenoxy) is 2. The second kappa shape index (κ2) is 8.90. The van der Waals surface area contributed by atoms with Gasteiger partial charge in [-0.2, -0.15) is 0 Å². The van der Waals surface area contributed by atoms with E-state index in [4.69, 9.17) is 16.3 Å². The average molecular weight is 489 g/mol. The molecule has 0 unspecified atom stereocenters. The molecule has 1 fully saturated rings. The number of carbonyl (C=O) groups excluding carboxylic acids is 1. The fourth-order valence-electron chi connectivity index (χ4n) is 4.01. The Labute approximate surface area is 192 Å². The third kappa shape index (κ3) is 5.44. The molecule has 0 atom stereocenters. The second-order valence-electron chi connectivity index (χ2n) is 8.11. The SMILES string of the molecule is O=C1CCc2c(OCC3(O)CCN(c4cc(OC(F)(F)F)ccc4Cl)CC3)ccc(F)c2N1. The van der Waals surface area contributed by atoms with Crippen LogP contribution < -0.4 is 19.7 Å². The van der Waals surface area contributed by atoms with Gasteiger partial charge in [-0.05, 0) is 43.5 Å². The molecule has 33 heavy (non-hydrogen) atoms. The molecule has 6 nitrogen and oxygen atoms in total. The Balaban J connectivity index is 1.41. The zero-order valence-electron chi connectivity index (χ0n) is 17.3. The molecule has 2 aromatic rings. The van der Waals surface area contributed by atoms with Gasteiger partial charge in [0.1, 0.15) is 29.5 Å². The summed E-state index contributed by atoms with van der Waals surface area (Å²) in [5.74, 6) is -0.805. The highest BCUT2D eigenvalue weighted by Crippen LogP contribution is 2.37. The maximum Gasteiger partial charge on any atom is 0.573 e. The number of benzene rings is 2. The van der Waals surface area contributed by atoms with Crippen LogP contribution in [-0.4, -0.2) is 42.7 Å². The molecule has 2 aromatic carbocycles. The number of rotatable bonds is 5. The smallest absolute Gasteiger partial charge is 0.490 e. The van der Waals surface area contributed by atoms with Crippen molar-refractivity contribution in [3.63, 3.8) is 0 Å². The molecular weight excluding hydrogens is 468 g/mol. The summed E-state index contributed by atoms with van der Waals surface area (Å²) in [6, 6.07) is 6.36. The number of anilines is 2. The van der Waals surface area contributed by atoms with Crippen molar-refractivity contribution in [2.75, 3.05) is 29.9 Å². The van der Waals surface area contributed by atoms with Crippen molar-refractivity contribution in [3.05, 3.63) is 46.7 Å². The van der Waals surface area contributed by atoms with E-state index < -0.39 is 17.8 Å². The highest BCUT2D eigenvalue weighted by atomic mass is 35.5. The van der Waals surface area contributed by atoms with Crippen molar-refractivity contribution in [1.82, 2.24) is 0 Å². The molecule has 0 aromatic heterocycles. The van der Waals surface area contributed by atoms with E-state index in [1.807, 2.05) is 0 Å². The van der Waals surface area contributed by atoms with E-state index in [9.17, 15) is 27.5 Å². The summed E-state index contributed by atoms with van der Waals surface area (Å²) in [5.41, 5.74) is -0.169. The minimum absolute atomic E-state index is 0.0577. The van der Waals surface area contributed by atoms with Crippen molar-refractivity contribution < 1.29 is 36.9 Å². The predicted octanol–water partition coefficient (Wildman–Crippen LogP) is 4.67. The predicted molar refractivity (Wildman–Crippen MR) is 113 cm³/mol. The molecule has 0 aliphatic carbocycles. The number of nitrogens with one attached hydrogen (secondary N) is 1. The topological polar surface area (TPSA) is 71.0 Å².